The van der Waals surface area contributed by atoms with Gasteiger partial charge < -0.3 is 4.57 Å². The molecule has 0 fully saturated rings. The summed E-state index contributed by atoms with van der Waals surface area (Å²) in [6.07, 6.45) is 2.42. The number of benzene rings is 1. The molecule has 2 nitrogen and oxygen atoms in total. The highest BCUT2D eigenvalue weighted by Crippen LogP contribution is 2.32. The molecule has 1 aliphatic heterocycles. The van der Waals surface area contributed by atoms with Crippen molar-refractivity contribution in [1.82, 2.24) is 4.57 Å². The number of halogens is 1. The topological polar surface area (TPSA) is 22.0 Å². The number of Topliss-reactive ketones (excluding diaryl/α,β-unsaturated/α-hetero) is 1. The molecule has 1 aromatic carbocycles. The third-order valence-corrected chi connectivity index (χ3v) is 3.62. The summed E-state index contributed by atoms with van der Waals surface area (Å²) >= 11 is 5.89. The van der Waals surface area contributed by atoms with Crippen LogP contribution in [0.1, 0.15) is 29.4 Å². The van der Waals surface area contributed by atoms with Crippen LogP contribution in [-0.4, -0.2) is 10.4 Å². The number of rotatable bonds is 1. The van der Waals surface area contributed by atoms with Gasteiger partial charge >= 0.3 is 0 Å². The van der Waals surface area contributed by atoms with Crippen molar-refractivity contribution in [3.05, 3.63) is 58.9 Å². The Morgan fingerprint density at radius 3 is 2.67 bits per heavy atom. The highest BCUT2D eigenvalue weighted by Gasteiger charge is 2.24. The largest absolute Gasteiger partial charge is 0.317 e. The lowest BCUT2D eigenvalue weighted by molar-refractivity contribution is 0.100. The predicted octanol–water partition coefficient (Wildman–Crippen LogP) is 4.12. The molecule has 0 bridgehead atoms. The summed E-state index contributed by atoms with van der Waals surface area (Å²) in [5.41, 5.74) is 4.05. The minimum atomic E-state index is 0.184. The van der Waals surface area contributed by atoms with Crippen molar-refractivity contribution in [3.63, 3.8) is 0 Å². The van der Waals surface area contributed by atoms with Crippen molar-refractivity contribution >= 4 is 28.7 Å². The van der Waals surface area contributed by atoms with Crippen molar-refractivity contribution in [2.24, 2.45) is 0 Å². The summed E-state index contributed by atoms with van der Waals surface area (Å²) in [6, 6.07) is 11.5. The molecule has 2 aromatic rings. The highest BCUT2D eigenvalue weighted by molar-refractivity contribution is 6.30. The molecule has 2 heterocycles. The van der Waals surface area contributed by atoms with E-state index >= 15 is 0 Å². The second kappa shape index (κ2) is 4.14. The van der Waals surface area contributed by atoms with Crippen LogP contribution in [0, 0.1) is 0 Å². The lowest BCUT2D eigenvalue weighted by Gasteiger charge is -2.08. The first kappa shape index (κ1) is 11.3. The summed E-state index contributed by atoms with van der Waals surface area (Å²) < 4.78 is 1.98. The van der Waals surface area contributed by atoms with Crippen molar-refractivity contribution in [2.75, 3.05) is 0 Å². The van der Waals surface area contributed by atoms with Crippen molar-refractivity contribution in [2.45, 2.75) is 13.3 Å². The Hall–Kier alpha value is -1.80. The van der Waals surface area contributed by atoms with E-state index in [2.05, 4.69) is 0 Å². The van der Waals surface area contributed by atoms with Crippen molar-refractivity contribution in [3.8, 4) is 0 Å². The maximum Gasteiger partial charge on any atom is 0.185 e. The summed E-state index contributed by atoms with van der Waals surface area (Å²) in [5, 5.41) is 0.723. The first-order chi connectivity index (χ1) is 8.66. The molecule has 0 radical (unpaired) electrons. The number of nitrogens with zero attached hydrogens (tertiary/aromatic N) is 1. The van der Waals surface area contributed by atoms with Crippen LogP contribution in [0.2, 0.25) is 5.02 Å². The molecule has 3 heteroatoms. The average Bonchev–Trinajstić information content (AvgIpc) is 2.94. The fourth-order valence-electron chi connectivity index (χ4n) is 2.35. The average molecular weight is 258 g/mol. The van der Waals surface area contributed by atoms with Gasteiger partial charge in [0, 0.05) is 16.9 Å². The Balaban J connectivity index is 2.12. The van der Waals surface area contributed by atoms with Crippen LogP contribution in [-0.2, 0) is 0 Å². The van der Waals surface area contributed by atoms with E-state index in [1.165, 1.54) is 0 Å². The first-order valence-corrected chi connectivity index (χ1v) is 6.21. The minimum Gasteiger partial charge on any atom is -0.317 e. The molecule has 1 aromatic heterocycles. The summed E-state index contributed by atoms with van der Waals surface area (Å²) in [4.78, 5) is 11.9. The molecule has 0 saturated heterocycles. The molecule has 1 aliphatic rings. The van der Waals surface area contributed by atoms with E-state index in [0.29, 0.717) is 6.42 Å². The third kappa shape index (κ3) is 1.70. The zero-order valence-corrected chi connectivity index (χ0v) is 10.7. The molecule has 0 saturated carbocycles. The molecular weight excluding hydrogens is 246 g/mol. The van der Waals surface area contributed by atoms with E-state index in [4.69, 9.17) is 11.6 Å². The molecule has 0 amide bonds. The van der Waals surface area contributed by atoms with Gasteiger partial charge in [0.2, 0.25) is 0 Å². The molecule has 0 spiro atoms. The van der Waals surface area contributed by atoms with Gasteiger partial charge in [0.25, 0.3) is 0 Å². The predicted molar refractivity (Wildman–Crippen MR) is 73.6 cm³/mol. The first-order valence-electron chi connectivity index (χ1n) is 5.83. The number of ketones is 1. The SMILES string of the molecule is C/C(=C1\CC(=O)c2cccn21)c1ccc(Cl)cc1. The maximum absolute atomic E-state index is 11.9. The smallest absolute Gasteiger partial charge is 0.185 e. The molecule has 90 valence electrons. The lowest BCUT2D eigenvalue weighted by atomic mass is 10.0. The standard InChI is InChI=1S/C15H12ClNO/c1-10(11-4-6-12(16)7-5-11)14-9-15(18)13-3-2-8-17(13)14/h2-8H,9H2,1H3/b14-10-. The number of carbonyl (C=O) groups excluding carboxylic acids is 1. The van der Waals surface area contributed by atoms with Gasteiger partial charge in [-0.1, -0.05) is 23.7 Å². The van der Waals surface area contributed by atoms with E-state index in [1.54, 1.807) is 0 Å². The second-order valence-corrected chi connectivity index (χ2v) is 4.88. The van der Waals surface area contributed by atoms with E-state index in [0.717, 1.165) is 27.6 Å². The normalized spacial score (nSPS) is 16.9. The number of fused-ring (bicyclic) bond motifs is 1. The molecule has 0 atom stereocenters. The Bertz CT molecular complexity index is 649. The number of allylic oxidation sites excluding steroid dienone is 2. The van der Waals surface area contributed by atoms with Crippen LogP contribution in [0.15, 0.2) is 42.6 Å². The van der Waals surface area contributed by atoms with Crippen molar-refractivity contribution < 1.29 is 4.79 Å². The van der Waals surface area contributed by atoms with E-state index in [1.807, 2.05) is 54.1 Å². The van der Waals surface area contributed by atoms with Gasteiger partial charge in [-0.3, -0.25) is 4.79 Å². The number of aromatic nitrogens is 1. The quantitative estimate of drug-likeness (QED) is 0.753. The van der Waals surface area contributed by atoms with Gasteiger partial charge in [-0.25, -0.2) is 0 Å². The second-order valence-electron chi connectivity index (χ2n) is 4.44. The van der Waals surface area contributed by atoms with Gasteiger partial charge in [0.1, 0.15) is 0 Å². The van der Waals surface area contributed by atoms with Crippen LogP contribution < -0.4 is 0 Å². The Kier molecular flexibility index (Phi) is 2.60. The van der Waals surface area contributed by atoms with Gasteiger partial charge in [-0.05, 0) is 42.3 Å². The molecular formula is C15H12ClNO. The lowest BCUT2D eigenvalue weighted by Crippen LogP contribution is -1.92. The fraction of sp³-hybridized carbons (Fsp3) is 0.133. The van der Waals surface area contributed by atoms with E-state index in [9.17, 15) is 4.79 Å². The van der Waals surface area contributed by atoms with Gasteiger partial charge in [-0.2, -0.15) is 0 Å². The van der Waals surface area contributed by atoms with Crippen LogP contribution >= 0.6 is 11.6 Å². The highest BCUT2D eigenvalue weighted by atomic mass is 35.5. The number of hydrogen-bond donors (Lipinski definition) is 0. The molecule has 0 aliphatic carbocycles. The van der Waals surface area contributed by atoms with E-state index < -0.39 is 0 Å². The van der Waals surface area contributed by atoms with Crippen molar-refractivity contribution in [1.29, 1.82) is 0 Å². The zero-order chi connectivity index (χ0) is 12.7. The van der Waals surface area contributed by atoms with Crippen LogP contribution in [0.3, 0.4) is 0 Å². The molecule has 18 heavy (non-hydrogen) atoms. The van der Waals surface area contributed by atoms with Gasteiger partial charge in [0.05, 0.1) is 12.1 Å². The van der Waals surface area contributed by atoms with Gasteiger partial charge in [0.15, 0.2) is 5.78 Å². The van der Waals surface area contributed by atoms with Crippen LogP contribution in [0.4, 0.5) is 0 Å². The maximum atomic E-state index is 11.9. The van der Waals surface area contributed by atoms with E-state index in [-0.39, 0.29) is 5.78 Å². The monoisotopic (exact) mass is 257 g/mol. The minimum absolute atomic E-state index is 0.184. The number of carbonyl (C=O) groups is 1. The molecule has 0 unspecified atom stereocenters. The number of hydrogen-bond acceptors (Lipinski definition) is 1. The van der Waals surface area contributed by atoms with Crippen LogP contribution in [0.5, 0.6) is 0 Å². The fourth-order valence-corrected chi connectivity index (χ4v) is 2.48. The summed E-state index contributed by atoms with van der Waals surface area (Å²) in [7, 11) is 0. The Morgan fingerprint density at radius 1 is 1.22 bits per heavy atom. The van der Waals surface area contributed by atoms with Crippen LogP contribution in [0.25, 0.3) is 11.3 Å². The Labute approximate surface area is 111 Å². The molecule has 3 rings (SSSR count). The summed E-state index contributed by atoms with van der Waals surface area (Å²) in [5.74, 6) is 0.184. The molecule has 0 N–H and O–H groups in total. The van der Waals surface area contributed by atoms with Gasteiger partial charge in [-0.15, -0.1) is 0 Å². The third-order valence-electron chi connectivity index (χ3n) is 3.36. The summed E-state index contributed by atoms with van der Waals surface area (Å²) in [6.45, 7) is 2.04. The zero-order valence-electron chi connectivity index (χ0n) is 9.98. The Morgan fingerprint density at radius 2 is 1.94 bits per heavy atom.